The van der Waals surface area contributed by atoms with Gasteiger partial charge in [0.15, 0.2) is 0 Å². The number of ether oxygens (including phenoxy) is 1. The minimum atomic E-state index is -0.875. The number of carboxylic acid groups (broad SMARTS) is 1. The van der Waals surface area contributed by atoms with Crippen LogP contribution < -0.4 is 21.8 Å². The van der Waals surface area contributed by atoms with Crippen LogP contribution >= 0.6 is 0 Å². The van der Waals surface area contributed by atoms with E-state index < -0.39 is 11.9 Å². The zero-order chi connectivity index (χ0) is 49.6. The molecule has 1 aromatic rings. The lowest BCUT2D eigenvalue weighted by Crippen LogP contribution is -2.44. The Labute approximate surface area is 393 Å². The largest absolute Gasteiger partial charge is 0.478 e. The van der Waals surface area contributed by atoms with Gasteiger partial charge >= 0.3 is 5.97 Å². The summed E-state index contributed by atoms with van der Waals surface area (Å²) in [5, 5.41) is 30.3. The minimum absolute atomic E-state index is 0.326. The SMILES string of the molecule is CC(=O)NO.CC(C)=CC(=O)O.CCCN1CCOCC1.CCN1CCN(C)CC1.CN1CCN(CCCO)CC1.CNCCCN=C(C)N.CNCC[S+](C)C.Cc1cn(C)cn1. The highest BCUT2D eigenvalue weighted by Gasteiger charge is 2.12. The molecule has 64 heavy (non-hydrogen) atoms. The summed E-state index contributed by atoms with van der Waals surface area (Å²) in [5.74, 6) is 0.673. The molecular weight excluding hydrogens is 837 g/mol. The average Bonchev–Trinajstić information content (AvgIpc) is 3.64. The van der Waals surface area contributed by atoms with Gasteiger partial charge in [0.2, 0.25) is 5.91 Å². The molecule has 3 aliphatic rings. The molecule has 1 amide bonds. The number of morpholine rings is 1. The molecule has 19 heteroatoms. The summed E-state index contributed by atoms with van der Waals surface area (Å²) in [6.07, 6.45) is 12.7. The molecule has 3 saturated heterocycles. The molecule has 0 saturated carbocycles. The Morgan fingerprint density at radius 1 is 0.844 bits per heavy atom. The number of aliphatic hydroxyl groups excluding tert-OH is 1. The Morgan fingerprint density at radius 2 is 1.34 bits per heavy atom. The number of aliphatic carboxylic acids is 1. The Morgan fingerprint density at radius 3 is 1.64 bits per heavy atom. The van der Waals surface area contributed by atoms with Crippen LogP contribution in [0, 0.1) is 6.92 Å². The van der Waals surface area contributed by atoms with Crippen LogP contribution in [0.15, 0.2) is 29.2 Å². The number of imidazole rings is 1. The average molecular weight is 936 g/mol. The van der Waals surface area contributed by atoms with Crippen molar-refractivity contribution in [1.29, 1.82) is 0 Å². The fourth-order valence-corrected chi connectivity index (χ4v) is 5.89. The van der Waals surface area contributed by atoms with Gasteiger partial charge in [0.05, 0.1) is 43.6 Å². The molecule has 4 rings (SSSR count). The molecule has 0 unspecified atom stereocenters. The number of aliphatic hydroxyl groups is 1. The molecule has 0 atom stereocenters. The molecule has 0 radical (unpaired) electrons. The van der Waals surface area contributed by atoms with E-state index in [1.54, 1.807) is 27.1 Å². The number of allylic oxidation sites excluding steroid dienone is 1. The van der Waals surface area contributed by atoms with Crippen molar-refractivity contribution in [3.8, 4) is 0 Å². The van der Waals surface area contributed by atoms with Gasteiger partial charge in [-0.2, -0.15) is 0 Å². The number of aryl methyl sites for hydroxylation is 2. The van der Waals surface area contributed by atoms with E-state index in [4.69, 9.17) is 25.9 Å². The number of nitrogens with one attached hydrogen (secondary N) is 3. The van der Waals surface area contributed by atoms with E-state index in [0.717, 1.165) is 89.7 Å². The lowest BCUT2D eigenvalue weighted by molar-refractivity contribution is -0.131. The molecule has 18 nitrogen and oxygen atoms in total. The molecule has 4 heterocycles. The summed E-state index contributed by atoms with van der Waals surface area (Å²) < 4.78 is 7.13. The van der Waals surface area contributed by atoms with E-state index >= 15 is 0 Å². The van der Waals surface area contributed by atoms with Gasteiger partial charge in [-0.05, 0) is 106 Å². The standard InChI is InChI=1S/C8H18N2O.C7H16N2.C7H15NO.C6H15N3.C5H8N2.C5H14NS.C5H8O2.C2H5NO2/c1-9-4-6-10(7-5-9)3-2-8-11;1-3-9-6-4-8(2)5-7-9;1-2-3-8-4-6-9-7-5-8;1-6(7)9-5-3-4-8-2;1-5-3-7(2)4-6-5;1-6-4-5-7(2)3;1-4(2)3-5(6)7;1-2(4)3-5/h11H,2-8H2,1H3;3-7H2,1-2H3;2-7H2,1H3;8H,3-5H2,1-2H3,(H2,7,9);3-4H,1-2H3;6H,4-5H2,1-3H3;3H,1-2H3,(H,6,7);5H,1H3,(H,3,4)/q;;;;;+1;;. The predicted molar refractivity (Wildman–Crippen MR) is 272 cm³/mol. The van der Waals surface area contributed by atoms with Gasteiger partial charge in [0, 0.05) is 118 Å². The van der Waals surface area contributed by atoms with E-state index in [1.807, 2.05) is 38.8 Å². The number of likely N-dealkylation sites (N-methyl/N-ethyl adjacent to an activating group) is 3. The van der Waals surface area contributed by atoms with Gasteiger partial charge in [-0.1, -0.05) is 19.4 Å². The molecule has 3 aliphatic heterocycles. The van der Waals surface area contributed by atoms with Crippen LogP contribution in [-0.2, 0) is 32.3 Å². The first-order valence-corrected chi connectivity index (χ1v) is 25.1. The van der Waals surface area contributed by atoms with Crippen molar-refractivity contribution >= 4 is 28.6 Å². The van der Waals surface area contributed by atoms with Gasteiger partial charge in [-0.15, -0.1) is 0 Å². The third-order valence-electron chi connectivity index (χ3n) is 9.02. The number of amides is 1. The van der Waals surface area contributed by atoms with Crippen molar-refractivity contribution in [3.63, 3.8) is 0 Å². The number of nitrogens with zero attached hydrogens (tertiary/aromatic N) is 8. The van der Waals surface area contributed by atoms with Crippen molar-refractivity contribution in [3.05, 3.63) is 29.9 Å². The van der Waals surface area contributed by atoms with Crippen LogP contribution in [0.3, 0.4) is 0 Å². The molecule has 0 spiro atoms. The number of carboxylic acids is 1. The number of nitrogens with two attached hydrogens (primary N) is 1. The summed E-state index contributed by atoms with van der Waals surface area (Å²) in [6, 6.07) is 0. The molecule has 0 aliphatic carbocycles. The van der Waals surface area contributed by atoms with Crippen LogP contribution in [0.1, 0.15) is 66.5 Å². The summed E-state index contributed by atoms with van der Waals surface area (Å²) in [7, 11) is 10.8. The molecular formula is C45H99N12O6S+. The molecule has 8 N–H and O–H groups in total. The van der Waals surface area contributed by atoms with Crippen molar-refractivity contribution in [1.82, 2.24) is 50.2 Å². The number of carbonyl (C=O) groups is 2. The van der Waals surface area contributed by atoms with Gasteiger partial charge in [0.25, 0.3) is 0 Å². The van der Waals surface area contributed by atoms with Crippen LogP contribution in [0.4, 0.5) is 0 Å². The first-order valence-electron chi connectivity index (χ1n) is 22.9. The molecule has 0 aromatic carbocycles. The highest BCUT2D eigenvalue weighted by Crippen LogP contribution is 2.00. The number of aromatic nitrogens is 2. The fraction of sp³-hybridized carbons (Fsp3) is 0.822. The Hall–Kier alpha value is -2.69. The van der Waals surface area contributed by atoms with E-state index in [-0.39, 0.29) is 0 Å². The lowest BCUT2D eigenvalue weighted by Gasteiger charge is -2.32. The number of rotatable bonds is 14. The lowest BCUT2D eigenvalue weighted by atomic mass is 10.3. The van der Waals surface area contributed by atoms with Crippen molar-refractivity contribution in [2.45, 2.75) is 67.7 Å². The fourth-order valence-electron chi connectivity index (χ4n) is 5.28. The van der Waals surface area contributed by atoms with Gasteiger partial charge in [-0.25, -0.2) is 15.3 Å². The highest BCUT2D eigenvalue weighted by molar-refractivity contribution is 7.95. The summed E-state index contributed by atoms with van der Waals surface area (Å²) in [4.78, 5) is 39.3. The number of hydroxylamine groups is 1. The second-order valence-corrected chi connectivity index (χ2v) is 18.5. The number of aliphatic imine (C=N–C) groups is 1. The first kappa shape index (κ1) is 67.9. The van der Waals surface area contributed by atoms with Crippen molar-refractivity contribution in [2.75, 3.05) is 171 Å². The van der Waals surface area contributed by atoms with Crippen LogP contribution in [0.5, 0.6) is 0 Å². The highest BCUT2D eigenvalue weighted by atomic mass is 32.2. The molecule has 3 fully saturated rings. The van der Waals surface area contributed by atoms with E-state index in [9.17, 15) is 9.59 Å². The monoisotopic (exact) mass is 936 g/mol. The van der Waals surface area contributed by atoms with E-state index in [0.29, 0.717) is 23.3 Å². The Balaban J connectivity index is -0.000000324. The van der Waals surface area contributed by atoms with Gasteiger partial charge in [0.1, 0.15) is 5.75 Å². The quantitative estimate of drug-likeness (QED) is 0.0270. The summed E-state index contributed by atoms with van der Waals surface area (Å²) in [5.41, 5.74) is 8.58. The smallest absolute Gasteiger partial charge is 0.328 e. The normalized spacial score (nSPS) is 15.7. The third kappa shape index (κ3) is 57.3. The molecule has 380 valence electrons. The van der Waals surface area contributed by atoms with Crippen molar-refractivity contribution < 1.29 is 29.7 Å². The van der Waals surface area contributed by atoms with Crippen LogP contribution in [0.2, 0.25) is 0 Å². The second kappa shape index (κ2) is 49.7. The Bertz CT molecular complexity index is 1190. The first-order chi connectivity index (χ1) is 30.3. The Kier molecular flexibility index (Phi) is 52.8. The zero-order valence-electron chi connectivity index (χ0n) is 43.1. The van der Waals surface area contributed by atoms with Gasteiger partial charge < -0.3 is 55.5 Å². The number of hydrogen-bond acceptors (Lipinski definition) is 14. The van der Waals surface area contributed by atoms with Crippen LogP contribution in [0.25, 0.3) is 0 Å². The number of amidine groups is 1. The maximum atomic E-state index is 9.73. The maximum absolute atomic E-state index is 9.73. The maximum Gasteiger partial charge on any atom is 0.328 e. The number of carbonyl (C=O) groups excluding carboxylic acids is 1. The van der Waals surface area contributed by atoms with E-state index in [1.165, 1.54) is 83.0 Å². The van der Waals surface area contributed by atoms with Crippen molar-refractivity contribution in [2.24, 2.45) is 17.8 Å². The summed E-state index contributed by atoms with van der Waals surface area (Å²) in [6.45, 7) is 33.6. The van der Waals surface area contributed by atoms with Crippen LogP contribution in [-0.4, -0.2) is 238 Å². The van der Waals surface area contributed by atoms with Gasteiger partial charge in [-0.3, -0.25) is 19.9 Å². The zero-order valence-corrected chi connectivity index (χ0v) is 43.9. The third-order valence-corrected chi connectivity index (χ3v) is 10.0. The van der Waals surface area contributed by atoms with E-state index in [2.05, 4.69) is 85.6 Å². The number of hydrogen-bond donors (Lipinski definition) is 7. The topological polar surface area (TPSA) is 213 Å². The minimum Gasteiger partial charge on any atom is -0.478 e. The molecule has 1 aromatic heterocycles. The second-order valence-electron chi connectivity index (χ2n) is 16.1. The molecule has 0 bridgehead atoms. The predicted octanol–water partition coefficient (Wildman–Crippen LogP) is 1.93. The number of piperazine rings is 2. The summed E-state index contributed by atoms with van der Waals surface area (Å²) >= 11 is 0.